The number of amides is 2. The summed E-state index contributed by atoms with van der Waals surface area (Å²) in [6.07, 6.45) is 1.96. The van der Waals surface area contributed by atoms with Crippen molar-refractivity contribution < 1.29 is 28.9 Å². The molecule has 0 N–H and O–H groups in total. The Labute approximate surface area is 195 Å². The molecule has 0 aliphatic carbocycles. The lowest BCUT2D eigenvalue weighted by atomic mass is 10.2. The predicted molar refractivity (Wildman–Crippen MR) is 124 cm³/mol. The van der Waals surface area contributed by atoms with E-state index in [2.05, 4.69) is 0 Å². The zero-order valence-electron chi connectivity index (χ0n) is 18.7. The summed E-state index contributed by atoms with van der Waals surface area (Å²) in [6, 6.07) is 10.9. The topological polar surface area (TPSA) is 145 Å². The predicted octanol–water partition coefficient (Wildman–Crippen LogP) is 4.69. The molecule has 2 aromatic rings. The Hall–Kier alpha value is -4.48. The normalized spacial score (nSPS) is 10.5. The van der Waals surface area contributed by atoms with Crippen LogP contribution in [-0.2, 0) is 9.47 Å². The average Bonchev–Trinajstić information content (AvgIpc) is 2.82. The number of ether oxygens (including phenoxy) is 2. The molecule has 2 amide bonds. The van der Waals surface area contributed by atoms with Gasteiger partial charge in [-0.05, 0) is 38.1 Å². The van der Waals surface area contributed by atoms with Crippen molar-refractivity contribution >= 4 is 34.9 Å². The van der Waals surface area contributed by atoms with E-state index in [1.54, 1.807) is 26.0 Å². The van der Waals surface area contributed by atoms with E-state index < -0.39 is 22.0 Å². The van der Waals surface area contributed by atoms with E-state index in [1.807, 2.05) is 0 Å². The first kappa shape index (κ1) is 25.8. The molecule has 12 nitrogen and oxygen atoms in total. The summed E-state index contributed by atoms with van der Waals surface area (Å²) in [4.78, 5) is 48.0. The van der Waals surface area contributed by atoms with Crippen molar-refractivity contribution in [2.24, 2.45) is 0 Å². The number of anilines is 2. The number of carbonyl (C=O) groups is 2. The molecule has 34 heavy (non-hydrogen) atoms. The number of nitro benzene ring substituents is 2. The maximum absolute atomic E-state index is 12.4. The van der Waals surface area contributed by atoms with Gasteiger partial charge in [-0.3, -0.25) is 30.0 Å². The molecule has 0 saturated heterocycles. The van der Waals surface area contributed by atoms with Crippen LogP contribution in [-0.4, -0.2) is 48.3 Å². The molecule has 0 fully saturated rings. The lowest BCUT2D eigenvalue weighted by Crippen LogP contribution is -2.33. The highest BCUT2D eigenvalue weighted by Gasteiger charge is 2.19. The minimum absolute atomic E-state index is 0.0631. The van der Waals surface area contributed by atoms with Gasteiger partial charge in [0.05, 0.1) is 23.1 Å². The monoisotopic (exact) mass is 472 g/mol. The number of non-ortho nitro benzene ring substituents is 2. The molecule has 0 spiro atoms. The number of benzene rings is 2. The third-order valence-corrected chi connectivity index (χ3v) is 4.46. The maximum Gasteiger partial charge on any atom is 0.414 e. The Morgan fingerprint density at radius 1 is 0.735 bits per heavy atom. The summed E-state index contributed by atoms with van der Waals surface area (Å²) in [7, 11) is 0. The molecule has 0 bridgehead atoms. The maximum atomic E-state index is 12.4. The third-order valence-electron chi connectivity index (χ3n) is 4.46. The lowest BCUT2D eigenvalue weighted by molar-refractivity contribution is -0.385. The van der Waals surface area contributed by atoms with E-state index in [-0.39, 0.29) is 37.7 Å². The van der Waals surface area contributed by atoms with Crippen molar-refractivity contribution in [3.8, 4) is 0 Å². The Bertz CT molecular complexity index is 954. The highest BCUT2D eigenvalue weighted by molar-refractivity contribution is 5.89. The summed E-state index contributed by atoms with van der Waals surface area (Å²) < 4.78 is 10.1. The van der Waals surface area contributed by atoms with Crippen LogP contribution in [0.15, 0.2) is 60.7 Å². The lowest BCUT2D eigenvalue weighted by Gasteiger charge is -2.22. The molecule has 0 aromatic heterocycles. The van der Waals surface area contributed by atoms with Crippen molar-refractivity contribution in [1.82, 2.24) is 0 Å². The number of carbonyl (C=O) groups excluding carboxylic acids is 2. The van der Waals surface area contributed by atoms with Gasteiger partial charge in [-0.15, -0.1) is 0 Å². The van der Waals surface area contributed by atoms with Gasteiger partial charge in [0.1, 0.15) is 0 Å². The van der Waals surface area contributed by atoms with E-state index in [0.29, 0.717) is 11.4 Å². The van der Waals surface area contributed by atoms with Gasteiger partial charge in [0.15, 0.2) is 0 Å². The number of rotatable bonds is 10. The Kier molecular flexibility index (Phi) is 9.50. The Morgan fingerprint density at radius 2 is 1.06 bits per heavy atom. The highest BCUT2D eigenvalue weighted by Crippen LogP contribution is 2.22. The number of hydrogen-bond donors (Lipinski definition) is 0. The van der Waals surface area contributed by atoms with Crippen molar-refractivity contribution in [3.63, 3.8) is 0 Å². The van der Waals surface area contributed by atoms with Crippen LogP contribution >= 0.6 is 0 Å². The zero-order valence-corrected chi connectivity index (χ0v) is 18.7. The molecule has 0 radical (unpaired) electrons. The van der Waals surface area contributed by atoms with Crippen molar-refractivity contribution in [1.29, 1.82) is 0 Å². The van der Waals surface area contributed by atoms with Crippen LogP contribution < -0.4 is 9.80 Å². The fourth-order valence-electron chi connectivity index (χ4n) is 2.84. The molecule has 0 aliphatic heterocycles. The van der Waals surface area contributed by atoms with Crippen LogP contribution in [0.1, 0.15) is 13.8 Å². The quantitative estimate of drug-likeness (QED) is 0.275. The van der Waals surface area contributed by atoms with Crippen LogP contribution in [0, 0.1) is 20.2 Å². The van der Waals surface area contributed by atoms with Crippen LogP contribution in [0.25, 0.3) is 0 Å². The molecule has 0 heterocycles. The van der Waals surface area contributed by atoms with Crippen molar-refractivity contribution in [2.45, 2.75) is 13.8 Å². The molecule has 0 unspecified atom stereocenters. The summed E-state index contributed by atoms with van der Waals surface area (Å²) in [5.41, 5.74) is 0.560. The zero-order chi connectivity index (χ0) is 25.1. The van der Waals surface area contributed by atoms with Crippen molar-refractivity contribution in [2.75, 3.05) is 36.1 Å². The standard InChI is InChI=1S/C22H24N4O8/c1-3-33-21(27)23(17-7-11-19(12-8-17)25(29)30)15-5-6-16-24(22(28)34-4-2)18-9-13-20(14-10-18)26(31)32/h5-14H,3-4,15-16H2,1-2H3/b6-5-. The molecular weight excluding hydrogens is 448 g/mol. The smallest absolute Gasteiger partial charge is 0.414 e. The largest absolute Gasteiger partial charge is 0.449 e. The van der Waals surface area contributed by atoms with Gasteiger partial charge in [0.25, 0.3) is 11.4 Å². The van der Waals surface area contributed by atoms with Gasteiger partial charge in [0.2, 0.25) is 0 Å². The van der Waals surface area contributed by atoms with E-state index in [4.69, 9.17) is 9.47 Å². The second-order valence-corrected chi connectivity index (χ2v) is 6.64. The fraction of sp³-hybridized carbons (Fsp3) is 0.273. The first-order valence-corrected chi connectivity index (χ1v) is 10.3. The van der Waals surface area contributed by atoms with Crippen LogP contribution in [0.2, 0.25) is 0 Å². The molecule has 12 heteroatoms. The first-order chi connectivity index (χ1) is 16.3. The summed E-state index contributed by atoms with van der Waals surface area (Å²) >= 11 is 0. The molecule has 0 saturated carbocycles. The number of nitrogens with zero attached hydrogens (tertiary/aromatic N) is 4. The van der Waals surface area contributed by atoms with Crippen LogP contribution in [0.5, 0.6) is 0 Å². The van der Waals surface area contributed by atoms with Crippen molar-refractivity contribution in [3.05, 3.63) is 80.9 Å². The summed E-state index contributed by atoms with van der Waals surface area (Å²) in [5.74, 6) is 0. The van der Waals surface area contributed by atoms with Gasteiger partial charge in [0, 0.05) is 48.7 Å². The summed E-state index contributed by atoms with van der Waals surface area (Å²) in [5, 5.41) is 21.8. The Balaban J connectivity index is 2.18. The van der Waals surface area contributed by atoms with Gasteiger partial charge < -0.3 is 9.47 Å². The van der Waals surface area contributed by atoms with Gasteiger partial charge in [-0.25, -0.2) is 9.59 Å². The minimum atomic E-state index is -0.640. The summed E-state index contributed by atoms with van der Waals surface area (Å²) in [6.45, 7) is 3.72. The fourth-order valence-corrected chi connectivity index (χ4v) is 2.84. The molecule has 180 valence electrons. The molecule has 2 rings (SSSR count). The van der Waals surface area contributed by atoms with E-state index in [1.165, 1.54) is 58.3 Å². The third kappa shape index (κ3) is 7.02. The first-order valence-electron chi connectivity index (χ1n) is 10.3. The SMILES string of the molecule is CCOC(=O)N(C/C=C\CN(C(=O)OCC)c1ccc([N+](=O)[O-])cc1)c1ccc([N+](=O)[O-])cc1. The minimum Gasteiger partial charge on any atom is -0.449 e. The number of hydrogen-bond acceptors (Lipinski definition) is 8. The molecule has 2 aromatic carbocycles. The van der Waals surface area contributed by atoms with Gasteiger partial charge >= 0.3 is 12.2 Å². The number of nitro groups is 2. The van der Waals surface area contributed by atoms with Crippen LogP contribution in [0.4, 0.5) is 32.3 Å². The molecular formula is C22H24N4O8. The highest BCUT2D eigenvalue weighted by atomic mass is 16.6. The second kappa shape index (κ2) is 12.5. The van der Waals surface area contributed by atoms with Gasteiger partial charge in [-0.2, -0.15) is 0 Å². The van der Waals surface area contributed by atoms with Gasteiger partial charge in [-0.1, -0.05) is 12.2 Å². The molecule has 0 atom stereocenters. The average molecular weight is 472 g/mol. The van der Waals surface area contributed by atoms with E-state index in [0.717, 1.165) is 0 Å². The molecule has 0 aliphatic rings. The Morgan fingerprint density at radius 3 is 1.32 bits per heavy atom. The van der Waals surface area contributed by atoms with E-state index >= 15 is 0 Å². The van der Waals surface area contributed by atoms with E-state index in [9.17, 15) is 29.8 Å². The van der Waals surface area contributed by atoms with Crippen LogP contribution in [0.3, 0.4) is 0 Å². The second-order valence-electron chi connectivity index (χ2n) is 6.64.